The fourth-order valence-electron chi connectivity index (χ4n) is 3.54. The molecule has 2 rings (SSSR count). The lowest BCUT2D eigenvalue weighted by molar-refractivity contribution is -0.139. The third kappa shape index (κ3) is 3.90. The Morgan fingerprint density at radius 1 is 1.19 bits per heavy atom. The Labute approximate surface area is 126 Å². The molecule has 0 radical (unpaired) electrons. The fraction of sp³-hybridized carbons (Fsp3) is 0.750. The highest BCUT2D eigenvalue weighted by molar-refractivity contribution is 5.82. The van der Waals surface area contributed by atoms with Gasteiger partial charge in [0.1, 0.15) is 6.04 Å². The molecule has 2 aliphatic rings. The summed E-state index contributed by atoms with van der Waals surface area (Å²) in [7, 11) is 0. The van der Waals surface area contributed by atoms with Crippen LogP contribution in [0, 0.1) is 17.8 Å². The van der Waals surface area contributed by atoms with Gasteiger partial charge in [0.2, 0.25) is 0 Å². The molecule has 0 aromatic rings. The Morgan fingerprint density at radius 3 is 2.33 bits per heavy atom. The fourth-order valence-corrected chi connectivity index (χ4v) is 3.54. The van der Waals surface area contributed by atoms with Crippen molar-refractivity contribution in [3.8, 4) is 12.3 Å². The van der Waals surface area contributed by atoms with Crippen LogP contribution < -0.4 is 5.32 Å². The normalized spacial score (nSPS) is 22.3. The highest BCUT2D eigenvalue weighted by atomic mass is 16.4. The summed E-state index contributed by atoms with van der Waals surface area (Å²) in [5, 5.41) is 11.5. The maximum Gasteiger partial charge on any atom is 0.327 e. The third-order valence-corrected chi connectivity index (χ3v) is 4.94. The summed E-state index contributed by atoms with van der Waals surface area (Å²) in [6.07, 6.45) is 13.7. The van der Waals surface area contributed by atoms with Crippen LogP contribution in [0.2, 0.25) is 0 Å². The van der Waals surface area contributed by atoms with Crippen molar-refractivity contribution in [3.63, 3.8) is 0 Å². The van der Waals surface area contributed by atoms with Crippen molar-refractivity contribution in [1.29, 1.82) is 0 Å². The molecule has 5 nitrogen and oxygen atoms in total. The van der Waals surface area contributed by atoms with E-state index in [1.54, 1.807) is 4.90 Å². The van der Waals surface area contributed by atoms with E-state index in [9.17, 15) is 9.59 Å². The van der Waals surface area contributed by atoms with Gasteiger partial charge in [-0.2, -0.15) is 0 Å². The van der Waals surface area contributed by atoms with Gasteiger partial charge in [0, 0.05) is 19.5 Å². The van der Waals surface area contributed by atoms with Gasteiger partial charge in [0.15, 0.2) is 0 Å². The quantitative estimate of drug-likeness (QED) is 0.784. The molecular weight excluding hydrogens is 268 g/mol. The largest absolute Gasteiger partial charge is 0.480 e. The Balaban J connectivity index is 1.85. The van der Waals surface area contributed by atoms with E-state index in [-0.39, 0.29) is 12.5 Å². The summed E-state index contributed by atoms with van der Waals surface area (Å²) in [5.74, 6) is 1.21. The average molecular weight is 292 g/mol. The monoisotopic (exact) mass is 292 g/mol. The summed E-state index contributed by atoms with van der Waals surface area (Å²) >= 11 is 0. The molecule has 1 atom stereocenters. The zero-order valence-corrected chi connectivity index (χ0v) is 12.4. The van der Waals surface area contributed by atoms with Gasteiger partial charge < -0.3 is 15.3 Å². The minimum absolute atomic E-state index is 0.0127. The molecule has 5 heteroatoms. The molecule has 1 aliphatic carbocycles. The van der Waals surface area contributed by atoms with Crippen LogP contribution in [0.1, 0.15) is 51.4 Å². The maximum absolute atomic E-state index is 12.1. The van der Waals surface area contributed by atoms with Crippen LogP contribution in [0.25, 0.3) is 0 Å². The van der Waals surface area contributed by atoms with Crippen molar-refractivity contribution < 1.29 is 14.7 Å². The van der Waals surface area contributed by atoms with Crippen LogP contribution in [0.5, 0.6) is 0 Å². The summed E-state index contributed by atoms with van der Waals surface area (Å²) in [5.41, 5.74) is 0.431. The van der Waals surface area contributed by atoms with Crippen molar-refractivity contribution in [1.82, 2.24) is 10.2 Å². The number of hydrogen-bond acceptors (Lipinski definition) is 2. The number of carboxylic acid groups (broad SMARTS) is 1. The first kappa shape index (κ1) is 15.7. The molecule has 1 saturated heterocycles. The molecule has 2 fully saturated rings. The number of rotatable bonds is 3. The molecular formula is C16H24N2O3. The molecule has 1 aliphatic heterocycles. The number of carboxylic acids is 1. The van der Waals surface area contributed by atoms with Gasteiger partial charge in [-0.05, 0) is 31.1 Å². The Hall–Kier alpha value is -1.70. The van der Waals surface area contributed by atoms with Gasteiger partial charge >= 0.3 is 12.0 Å². The lowest BCUT2D eigenvalue weighted by atomic mass is 9.68. The third-order valence-electron chi connectivity index (χ3n) is 4.94. The number of amides is 2. The molecule has 1 unspecified atom stereocenters. The van der Waals surface area contributed by atoms with E-state index in [2.05, 4.69) is 11.2 Å². The van der Waals surface area contributed by atoms with Crippen LogP contribution in [-0.4, -0.2) is 41.1 Å². The van der Waals surface area contributed by atoms with Crippen molar-refractivity contribution in [2.45, 2.75) is 57.4 Å². The second-order valence-corrected chi connectivity index (χ2v) is 6.30. The SMILES string of the molecule is C#CCC(NC(=O)N1CCC2(CCCCC2)CC1)C(=O)O. The molecule has 0 aromatic heterocycles. The molecule has 0 aromatic carbocycles. The molecule has 1 heterocycles. The van der Waals surface area contributed by atoms with Crippen molar-refractivity contribution in [2.75, 3.05) is 13.1 Å². The highest BCUT2D eigenvalue weighted by Crippen LogP contribution is 2.44. The molecule has 2 amide bonds. The van der Waals surface area contributed by atoms with Gasteiger partial charge in [0.25, 0.3) is 0 Å². The van der Waals surface area contributed by atoms with Gasteiger partial charge in [0.05, 0.1) is 0 Å². The number of aliphatic carboxylic acids is 1. The Morgan fingerprint density at radius 2 is 1.81 bits per heavy atom. The topological polar surface area (TPSA) is 69.6 Å². The summed E-state index contributed by atoms with van der Waals surface area (Å²) in [6, 6.07) is -1.30. The van der Waals surface area contributed by atoms with E-state index in [4.69, 9.17) is 11.5 Å². The van der Waals surface area contributed by atoms with E-state index in [0.717, 1.165) is 12.8 Å². The first-order valence-corrected chi connectivity index (χ1v) is 7.78. The predicted octanol–water partition coefficient (Wildman–Crippen LogP) is 2.22. The van der Waals surface area contributed by atoms with Gasteiger partial charge in [-0.3, -0.25) is 0 Å². The number of nitrogens with zero attached hydrogens (tertiary/aromatic N) is 1. The number of hydrogen-bond donors (Lipinski definition) is 2. The van der Waals surface area contributed by atoms with E-state index < -0.39 is 12.0 Å². The Kier molecular flexibility index (Phi) is 5.11. The highest BCUT2D eigenvalue weighted by Gasteiger charge is 2.37. The van der Waals surface area contributed by atoms with Crippen LogP contribution in [-0.2, 0) is 4.79 Å². The molecule has 116 valence electrons. The maximum atomic E-state index is 12.1. The van der Waals surface area contributed by atoms with Crippen LogP contribution in [0.3, 0.4) is 0 Å². The lowest BCUT2D eigenvalue weighted by Crippen LogP contribution is -2.51. The predicted molar refractivity (Wildman–Crippen MR) is 79.7 cm³/mol. The minimum atomic E-state index is -1.08. The number of terminal acetylenes is 1. The zero-order chi connectivity index (χ0) is 15.3. The zero-order valence-electron chi connectivity index (χ0n) is 12.4. The van der Waals surface area contributed by atoms with Gasteiger partial charge in [-0.25, -0.2) is 9.59 Å². The number of likely N-dealkylation sites (tertiary alicyclic amines) is 1. The van der Waals surface area contributed by atoms with Crippen molar-refractivity contribution in [3.05, 3.63) is 0 Å². The summed E-state index contributed by atoms with van der Waals surface area (Å²) < 4.78 is 0. The number of carbonyl (C=O) groups excluding carboxylic acids is 1. The van der Waals surface area contributed by atoms with Gasteiger partial charge in [-0.15, -0.1) is 12.3 Å². The molecule has 1 spiro atoms. The summed E-state index contributed by atoms with van der Waals surface area (Å²) in [6.45, 7) is 1.43. The molecule has 21 heavy (non-hydrogen) atoms. The van der Waals surface area contributed by atoms with Crippen molar-refractivity contribution in [2.24, 2.45) is 5.41 Å². The average Bonchev–Trinajstić information content (AvgIpc) is 2.48. The second kappa shape index (κ2) is 6.84. The van der Waals surface area contributed by atoms with Crippen LogP contribution >= 0.6 is 0 Å². The van der Waals surface area contributed by atoms with E-state index >= 15 is 0 Å². The number of piperidine rings is 1. The first-order valence-electron chi connectivity index (χ1n) is 7.78. The standard InChI is InChI=1S/C16H24N2O3/c1-2-6-13(14(19)20)17-15(21)18-11-9-16(10-12-18)7-4-3-5-8-16/h1,13H,3-12H2,(H,17,21)(H,19,20). The Bertz CT molecular complexity index is 425. The molecule has 0 bridgehead atoms. The van der Waals surface area contributed by atoms with E-state index in [1.165, 1.54) is 32.1 Å². The smallest absolute Gasteiger partial charge is 0.327 e. The lowest BCUT2D eigenvalue weighted by Gasteiger charge is -2.44. The van der Waals surface area contributed by atoms with Gasteiger partial charge in [-0.1, -0.05) is 19.3 Å². The first-order chi connectivity index (χ1) is 10.1. The number of carbonyl (C=O) groups is 2. The van der Waals surface area contributed by atoms with E-state index in [0.29, 0.717) is 18.5 Å². The molecule has 2 N–H and O–H groups in total. The molecule has 1 saturated carbocycles. The van der Waals surface area contributed by atoms with Crippen molar-refractivity contribution >= 4 is 12.0 Å². The number of urea groups is 1. The van der Waals surface area contributed by atoms with E-state index in [1.807, 2.05) is 0 Å². The number of nitrogens with one attached hydrogen (secondary N) is 1. The minimum Gasteiger partial charge on any atom is -0.480 e. The van der Waals surface area contributed by atoms with Crippen LogP contribution in [0.4, 0.5) is 4.79 Å². The summed E-state index contributed by atoms with van der Waals surface area (Å²) in [4.78, 5) is 24.9. The van der Waals surface area contributed by atoms with Crippen LogP contribution in [0.15, 0.2) is 0 Å². The second-order valence-electron chi connectivity index (χ2n) is 6.30.